The van der Waals surface area contributed by atoms with E-state index in [1.54, 1.807) is 6.92 Å². The second-order valence-corrected chi connectivity index (χ2v) is 3.30. The maximum Gasteiger partial charge on any atom is 0.119 e. The van der Waals surface area contributed by atoms with Gasteiger partial charge in [0.25, 0.3) is 0 Å². The summed E-state index contributed by atoms with van der Waals surface area (Å²) in [4.78, 5) is 0. The Bertz CT molecular complexity index is 256. The second kappa shape index (κ2) is 4.87. The van der Waals surface area contributed by atoms with Gasteiger partial charge >= 0.3 is 0 Å². The molecule has 0 aliphatic rings. The number of ether oxygens (including phenoxy) is 1. The highest BCUT2D eigenvalue weighted by atomic mass is 16.5. The first-order valence-corrected chi connectivity index (χ1v) is 4.56. The van der Waals surface area contributed by atoms with Crippen molar-refractivity contribution in [3.8, 4) is 5.75 Å². The molecule has 0 saturated heterocycles. The maximum absolute atomic E-state index is 9.00. The summed E-state index contributed by atoms with van der Waals surface area (Å²) in [6, 6.07) is 7.91. The normalized spacial score (nSPS) is 12.5. The fraction of sp³-hybridized carbons (Fsp3) is 0.455. The first-order valence-electron chi connectivity index (χ1n) is 4.56. The minimum absolute atomic E-state index is 0.287. The SMILES string of the molecule is Cc1cccc(OCC[C@H](C)O)c1. The lowest BCUT2D eigenvalue weighted by Gasteiger charge is -2.07. The van der Waals surface area contributed by atoms with Gasteiger partial charge in [-0.2, -0.15) is 0 Å². The van der Waals surface area contributed by atoms with Crippen LogP contribution in [0.1, 0.15) is 18.9 Å². The summed E-state index contributed by atoms with van der Waals surface area (Å²) in [6.07, 6.45) is 0.387. The van der Waals surface area contributed by atoms with Crippen LogP contribution in [-0.2, 0) is 0 Å². The maximum atomic E-state index is 9.00. The van der Waals surface area contributed by atoms with E-state index in [0.29, 0.717) is 13.0 Å². The molecule has 1 aromatic carbocycles. The van der Waals surface area contributed by atoms with E-state index in [4.69, 9.17) is 9.84 Å². The second-order valence-electron chi connectivity index (χ2n) is 3.30. The quantitative estimate of drug-likeness (QED) is 0.769. The molecule has 2 nitrogen and oxygen atoms in total. The van der Waals surface area contributed by atoms with Crippen LogP contribution in [0.25, 0.3) is 0 Å². The van der Waals surface area contributed by atoms with E-state index in [1.807, 2.05) is 31.2 Å². The molecule has 0 bridgehead atoms. The molecule has 0 fully saturated rings. The van der Waals surface area contributed by atoms with Crippen molar-refractivity contribution in [2.45, 2.75) is 26.4 Å². The molecule has 1 atom stereocenters. The number of aryl methyl sites for hydroxylation is 1. The zero-order valence-corrected chi connectivity index (χ0v) is 8.16. The zero-order valence-electron chi connectivity index (χ0n) is 8.16. The predicted molar refractivity (Wildman–Crippen MR) is 53.0 cm³/mol. The molecule has 0 spiro atoms. The Morgan fingerprint density at radius 1 is 1.46 bits per heavy atom. The third kappa shape index (κ3) is 3.95. The Morgan fingerprint density at radius 2 is 2.23 bits per heavy atom. The Balaban J connectivity index is 2.37. The summed E-state index contributed by atoms with van der Waals surface area (Å²) < 4.78 is 5.44. The van der Waals surface area contributed by atoms with Gasteiger partial charge in [-0.1, -0.05) is 12.1 Å². The zero-order chi connectivity index (χ0) is 9.68. The molecule has 0 aromatic heterocycles. The van der Waals surface area contributed by atoms with Gasteiger partial charge in [0.1, 0.15) is 5.75 Å². The van der Waals surface area contributed by atoms with Crippen LogP contribution >= 0.6 is 0 Å². The molecule has 1 aromatic rings. The van der Waals surface area contributed by atoms with Crippen molar-refractivity contribution in [2.24, 2.45) is 0 Å². The molecule has 2 heteroatoms. The van der Waals surface area contributed by atoms with Gasteiger partial charge in [-0.05, 0) is 31.5 Å². The standard InChI is InChI=1S/C11H16O2/c1-9-4-3-5-11(8-9)13-7-6-10(2)12/h3-5,8,10,12H,6-7H2,1-2H3/t10-/m0/s1. The smallest absolute Gasteiger partial charge is 0.119 e. The molecule has 72 valence electrons. The van der Waals surface area contributed by atoms with Gasteiger partial charge in [0.05, 0.1) is 12.7 Å². The van der Waals surface area contributed by atoms with Crippen molar-refractivity contribution < 1.29 is 9.84 Å². The summed E-state index contributed by atoms with van der Waals surface area (Å²) in [7, 11) is 0. The van der Waals surface area contributed by atoms with Crippen molar-refractivity contribution in [1.29, 1.82) is 0 Å². The van der Waals surface area contributed by atoms with Crippen LogP contribution in [0, 0.1) is 6.92 Å². The van der Waals surface area contributed by atoms with E-state index < -0.39 is 0 Å². The Hall–Kier alpha value is -1.02. The lowest BCUT2D eigenvalue weighted by Crippen LogP contribution is -2.07. The average Bonchev–Trinajstić information content (AvgIpc) is 2.03. The van der Waals surface area contributed by atoms with Crippen LogP contribution in [-0.4, -0.2) is 17.8 Å². The third-order valence-corrected chi connectivity index (χ3v) is 1.79. The molecule has 0 amide bonds. The molecule has 1 rings (SSSR count). The minimum Gasteiger partial charge on any atom is -0.493 e. The number of aliphatic hydroxyl groups is 1. The number of rotatable bonds is 4. The molecule has 13 heavy (non-hydrogen) atoms. The largest absolute Gasteiger partial charge is 0.493 e. The van der Waals surface area contributed by atoms with E-state index in [1.165, 1.54) is 5.56 Å². The van der Waals surface area contributed by atoms with Crippen molar-refractivity contribution >= 4 is 0 Å². The van der Waals surface area contributed by atoms with Crippen molar-refractivity contribution in [1.82, 2.24) is 0 Å². The van der Waals surface area contributed by atoms with Crippen LogP contribution in [0.5, 0.6) is 5.75 Å². The van der Waals surface area contributed by atoms with Crippen molar-refractivity contribution in [3.05, 3.63) is 29.8 Å². The fourth-order valence-electron chi connectivity index (χ4n) is 1.05. The molecule has 0 radical (unpaired) electrons. The number of hydrogen-bond donors (Lipinski definition) is 1. The van der Waals surface area contributed by atoms with Gasteiger partial charge in [-0.15, -0.1) is 0 Å². The van der Waals surface area contributed by atoms with Gasteiger partial charge in [-0.3, -0.25) is 0 Å². The molecule has 0 unspecified atom stereocenters. The van der Waals surface area contributed by atoms with E-state index in [-0.39, 0.29) is 6.10 Å². The molecule has 0 aliphatic carbocycles. The monoisotopic (exact) mass is 180 g/mol. The van der Waals surface area contributed by atoms with Gasteiger partial charge < -0.3 is 9.84 Å². The molecule has 0 heterocycles. The first-order chi connectivity index (χ1) is 6.18. The molecule has 0 saturated carbocycles. The summed E-state index contributed by atoms with van der Waals surface area (Å²) in [5.74, 6) is 0.876. The Labute approximate surface area is 79.2 Å². The third-order valence-electron chi connectivity index (χ3n) is 1.79. The predicted octanol–water partition coefficient (Wildman–Crippen LogP) is 2.14. The van der Waals surface area contributed by atoms with Crippen LogP contribution in [0.4, 0.5) is 0 Å². The van der Waals surface area contributed by atoms with Gasteiger partial charge in [0.2, 0.25) is 0 Å². The molecule has 0 aliphatic heterocycles. The number of benzene rings is 1. The van der Waals surface area contributed by atoms with E-state index >= 15 is 0 Å². The number of aliphatic hydroxyl groups excluding tert-OH is 1. The minimum atomic E-state index is -0.287. The first kappa shape index (κ1) is 10.1. The summed E-state index contributed by atoms with van der Waals surface area (Å²) >= 11 is 0. The average molecular weight is 180 g/mol. The van der Waals surface area contributed by atoms with Crippen LogP contribution in [0.3, 0.4) is 0 Å². The van der Waals surface area contributed by atoms with Gasteiger partial charge in [0, 0.05) is 6.42 Å². The molecular formula is C11H16O2. The highest BCUT2D eigenvalue weighted by molar-refractivity contribution is 5.27. The van der Waals surface area contributed by atoms with Crippen molar-refractivity contribution in [3.63, 3.8) is 0 Å². The van der Waals surface area contributed by atoms with Crippen LogP contribution in [0.2, 0.25) is 0 Å². The summed E-state index contributed by atoms with van der Waals surface area (Å²) in [5, 5.41) is 9.00. The number of hydrogen-bond acceptors (Lipinski definition) is 2. The summed E-state index contributed by atoms with van der Waals surface area (Å²) in [6.45, 7) is 4.36. The van der Waals surface area contributed by atoms with Crippen LogP contribution < -0.4 is 4.74 Å². The Morgan fingerprint density at radius 3 is 2.85 bits per heavy atom. The molecule has 1 N–H and O–H groups in total. The van der Waals surface area contributed by atoms with Crippen molar-refractivity contribution in [2.75, 3.05) is 6.61 Å². The van der Waals surface area contributed by atoms with E-state index in [0.717, 1.165) is 5.75 Å². The van der Waals surface area contributed by atoms with Gasteiger partial charge in [-0.25, -0.2) is 0 Å². The fourth-order valence-corrected chi connectivity index (χ4v) is 1.05. The Kier molecular flexibility index (Phi) is 3.77. The van der Waals surface area contributed by atoms with Crippen LogP contribution in [0.15, 0.2) is 24.3 Å². The summed E-state index contributed by atoms with van der Waals surface area (Å²) in [5.41, 5.74) is 1.19. The van der Waals surface area contributed by atoms with E-state index in [2.05, 4.69) is 0 Å². The molecular weight excluding hydrogens is 164 g/mol. The lowest BCUT2D eigenvalue weighted by molar-refractivity contribution is 0.155. The highest BCUT2D eigenvalue weighted by Crippen LogP contribution is 2.12. The lowest BCUT2D eigenvalue weighted by atomic mass is 10.2. The highest BCUT2D eigenvalue weighted by Gasteiger charge is 1.97. The van der Waals surface area contributed by atoms with Gasteiger partial charge in [0.15, 0.2) is 0 Å². The topological polar surface area (TPSA) is 29.5 Å². The van der Waals surface area contributed by atoms with E-state index in [9.17, 15) is 0 Å².